The van der Waals surface area contributed by atoms with Crippen LogP contribution in [0.3, 0.4) is 0 Å². The van der Waals surface area contributed by atoms with Crippen molar-refractivity contribution in [3.63, 3.8) is 0 Å². The zero-order valence-corrected chi connectivity index (χ0v) is 16.4. The lowest BCUT2D eigenvalue weighted by atomic mass is 10.2. The minimum atomic E-state index is 0.809. The van der Waals surface area contributed by atoms with Gasteiger partial charge in [0.05, 0.1) is 35.6 Å². The highest BCUT2D eigenvalue weighted by molar-refractivity contribution is 7.10. The number of thiazole rings is 2. The third kappa shape index (κ3) is 7.38. The maximum atomic E-state index is 5.70. The van der Waals surface area contributed by atoms with Gasteiger partial charge in [0.25, 0.3) is 0 Å². The average Bonchev–Trinajstić information content (AvgIpc) is 3.17. The fourth-order valence-corrected chi connectivity index (χ4v) is 3.95. The van der Waals surface area contributed by atoms with E-state index >= 15 is 0 Å². The molecule has 2 heterocycles. The molecule has 0 unspecified atom stereocenters. The Hall–Kier alpha value is -0.820. The van der Waals surface area contributed by atoms with Crippen LogP contribution in [-0.2, 0) is 22.3 Å². The Morgan fingerprint density at radius 2 is 1.17 bits per heavy atom. The van der Waals surface area contributed by atoms with Crippen LogP contribution in [0.15, 0.2) is 11.0 Å². The molecule has 0 saturated carbocycles. The quantitative estimate of drug-likeness (QED) is 0.485. The lowest BCUT2D eigenvalue weighted by molar-refractivity contribution is 0.124. The van der Waals surface area contributed by atoms with Gasteiger partial charge in [-0.15, -0.1) is 22.7 Å². The standard InChI is InChI=1S/C18H28N2O2S2/c1-15-17(23-13-19-15)7-11-21-9-5-3-4-6-10-22-12-8-18-16(2)20-14-24-18/h13-14H,3-12H2,1-2H3. The highest BCUT2D eigenvalue weighted by atomic mass is 32.1. The summed E-state index contributed by atoms with van der Waals surface area (Å²) in [5.41, 5.74) is 6.11. The van der Waals surface area contributed by atoms with Crippen LogP contribution in [0.1, 0.15) is 46.8 Å². The van der Waals surface area contributed by atoms with Crippen LogP contribution >= 0.6 is 22.7 Å². The summed E-state index contributed by atoms with van der Waals surface area (Å²) >= 11 is 3.45. The number of hydrogen-bond acceptors (Lipinski definition) is 6. The lowest BCUT2D eigenvalue weighted by Gasteiger charge is -2.05. The van der Waals surface area contributed by atoms with Gasteiger partial charge in [-0.1, -0.05) is 12.8 Å². The molecule has 0 fully saturated rings. The number of unbranched alkanes of at least 4 members (excludes halogenated alkanes) is 3. The first-order valence-corrected chi connectivity index (χ1v) is 10.5. The molecular weight excluding hydrogens is 340 g/mol. The van der Waals surface area contributed by atoms with Crippen molar-refractivity contribution in [2.75, 3.05) is 26.4 Å². The number of aryl methyl sites for hydroxylation is 2. The molecule has 0 amide bonds. The van der Waals surface area contributed by atoms with E-state index in [1.807, 2.05) is 11.0 Å². The summed E-state index contributed by atoms with van der Waals surface area (Å²) in [6.07, 6.45) is 6.70. The SMILES string of the molecule is Cc1ncsc1CCOCCCCCCOCCc1scnc1C. The predicted octanol–water partition coefficient (Wildman–Crippen LogP) is 4.60. The predicted molar refractivity (Wildman–Crippen MR) is 101 cm³/mol. The van der Waals surface area contributed by atoms with Crippen LogP contribution in [0.25, 0.3) is 0 Å². The molecule has 0 bridgehead atoms. The van der Waals surface area contributed by atoms with Gasteiger partial charge in [-0.3, -0.25) is 0 Å². The highest BCUT2D eigenvalue weighted by Crippen LogP contribution is 2.13. The topological polar surface area (TPSA) is 44.2 Å². The number of ether oxygens (including phenoxy) is 2. The largest absolute Gasteiger partial charge is 0.381 e. The molecule has 0 saturated heterocycles. The fourth-order valence-electron chi connectivity index (χ4n) is 2.43. The van der Waals surface area contributed by atoms with Gasteiger partial charge in [-0.2, -0.15) is 0 Å². The van der Waals surface area contributed by atoms with E-state index in [9.17, 15) is 0 Å². The first kappa shape index (κ1) is 19.5. The minimum absolute atomic E-state index is 0.809. The average molecular weight is 369 g/mol. The van der Waals surface area contributed by atoms with E-state index in [0.717, 1.165) is 63.5 Å². The van der Waals surface area contributed by atoms with Gasteiger partial charge < -0.3 is 9.47 Å². The summed E-state index contributed by atoms with van der Waals surface area (Å²) < 4.78 is 11.4. The number of hydrogen-bond donors (Lipinski definition) is 0. The molecular formula is C18H28N2O2S2. The van der Waals surface area contributed by atoms with Gasteiger partial charge in [-0.05, 0) is 26.7 Å². The molecule has 0 N–H and O–H groups in total. The van der Waals surface area contributed by atoms with Crippen molar-refractivity contribution in [1.82, 2.24) is 9.97 Å². The van der Waals surface area contributed by atoms with E-state index in [0.29, 0.717) is 0 Å². The van der Waals surface area contributed by atoms with Crippen molar-refractivity contribution in [3.8, 4) is 0 Å². The molecule has 2 aromatic rings. The second kappa shape index (κ2) is 11.7. The van der Waals surface area contributed by atoms with Gasteiger partial charge in [0.1, 0.15) is 0 Å². The van der Waals surface area contributed by atoms with Crippen molar-refractivity contribution in [2.45, 2.75) is 52.4 Å². The first-order valence-electron chi connectivity index (χ1n) is 8.71. The summed E-state index contributed by atoms with van der Waals surface area (Å²) in [7, 11) is 0. The normalized spacial score (nSPS) is 11.2. The first-order chi connectivity index (χ1) is 11.8. The Balaban J connectivity index is 1.33. The molecule has 134 valence electrons. The third-order valence-corrected chi connectivity index (χ3v) is 5.95. The Labute approximate surface area is 153 Å². The van der Waals surface area contributed by atoms with Crippen molar-refractivity contribution in [3.05, 3.63) is 32.2 Å². The minimum Gasteiger partial charge on any atom is -0.381 e. The Morgan fingerprint density at radius 3 is 1.54 bits per heavy atom. The summed E-state index contributed by atoms with van der Waals surface area (Å²) in [5.74, 6) is 0. The van der Waals surface area contributed by atoms with E-state index in [2.05, 4.69) is 23.8 Å². The van der Waals surface area contributed by atoms with Gasteiger partial charge in [-0.25, -0.2) is 9.97 Å². The second-order valence-electron chi connectivity index (χ2n) is 5.86. The molecule has 2 aromatic heterocycles. The molecule has 24 heavy (non-hydrogen) atoms. The van der Waals surface area contributed by atoms with E-state index in [1.54, 1.807) is 22.7 Å². The highest BCUT2D eigenvalue weighted by Gasteiger charge is 2.02. The van der Waals surface area contributed by atoms with Crippen molar-refractivity contribution in [2.24, 2.45) is 0 Å². The van der Waals surface area contributed by atoms with Crippen LogP contribution < -0.4 is 0 Å². The monoisotopic (exact) mass is 368 g/mol. The van der Waals surface area contributed by atoms with Crippen molar-refractivity contribution in [1.29, 1.82) is 0 Å². The van der Waals surface area contributed by atoms with E-state index in [1.165, 1.54) is 22.6 Å². The molecule has 0 spiro atoms. The Morgan fingerprint density at radius 1 is 0.708 bits per heavy atom. The fraction of sp³-hybridized carbons (Fsp3) is 0.667. The van der Waals surface area contributed by atoms with Crippen LogP contribution in [0, 0.1) is 13.8 Å². The maximum absolute atomic E-state index is 5.70. The van der Waals surface area contributed by atoms with Gasteiger partial charge in [0, 0.05) is 35.8 Å². The van der Waals surface area contributed by atoms with E-state index in [4.69, 9.17) is 9.47 Å². The molecule has 6 heteroatoms. The molecule has 4 nitrogen and oxygen atoms in total. The zero-order valence-electron chi connectivity index (χ0n) is 14.8. The number of nitrogens with zero attached hydrogens (tertiary/aromatic N) is 2. The van der Waals surface area contributed by atoms with Crippen LogP contribution in [0.4, 0.5) is 0 Å². The number of rotatable bonds is 13. The molecule has 2 rings (SSSR count). The van der Waals surface area contributed by atoms with Gasteiger partial charge in [0.2, 0.25) is 0 Å². The number of aromatic nitrogens is 2. The lowest BCUT2D eigenvalue weighted by Crippen LogP contribution is -2.02. The Bertz CT molecular complexity index is 519. The van der Waals surface area contributed by atoms with Crippen LogP contribution in [0.2, 0.25) is 0 Å². The molecule has 0 radical (unpaired) electrons. The van der Waals surface area contributed by atoms with Crippen LogP contribution in [0.5, 0.6) is 0 Å². The molecule has 0 aromatic carbocycles. The van der Waals surface area contributed by atoms with Crippen LogP contribution in [-0.4, -0.2) is 36.4 Å². The summed E-state index contributed by atoms with van der Waals surface area (Å²) in [6.45, 7) is 7.47. The smallest absolute Gasteiger partial charge is 0.0797 e. The van der Waals surface area contributed by atoms with Crippen molar-refractivity contribution < 1.29 is 9.47 Å². The summed E-state index contributed by atoms with van der Waals surface area (Å²) in [6, 6.07) is 0. The molecule has 0 atom stereocenters. The summed E-state index contributed by atoms with van der Waals surface area (Å²) in [4.78, 5) is 11.2. The zero-order chi connectivity index (χ0) is 17.0. The molecule has 0 aliphatic heterocycles. The van der Waals surface area contributed by atoms with E-state index in [-0.39, 0.29) is 0 Å². The van der Waals surface area contributed by atoms with E-state index < -0.39 is 0 Å². The van der Waals surface area contributed by atoms with Crippen molar-refractivity contribution >= 4 is 22.7 Å². The maximum Gasteiger partial charge on any atom is 0.0797 e. The molecule has 0 aliphatic carbocycles. The molecule has 0 aliphatic rings. The summed E-state index contributed by atoms with van der Waals surface area (Å²) in [5, 5.41) is 0. The van der Waals surface area contributed by atoms with Gasteiger partial charge in [0.15, 0.2) is 0 Å². The van der Waals surface area contributed by atoms with Gasteiger partial charge >= 0.3 is 0 Å². The second-order valence-corrected chi connectivity index (χ2v) is 7.74. The Kier molecular flexibility index (Phi) is 9.50. The third-order valence-electron chi connectivity index (χ3n) is 3.96.